The van der Waals surface area contributed by atoms with Gasteiger partial charge in [0.25, 0.3) is 0 Å². The Morgan fingerprint density at radius 1 is 1.12 bits per heavy atom. The zero-order chi connectivity index (χ0) is 29.1. The van der Waals surface area contributed by atoms with E-state index in [1.54, 1.807) is 25.1 Å². The van der Waals surface area contributed by atoms with Crippen LogP contribution >= 0.6 is 11.8 Å². The summed E-state index contributed by atoms with van der Waals surface area (Å²) in [6.07, 6.45) is 0. The van der Waals surface area contributed by atoms with E-state index < -0.39 is 27.2 Å². The molecule has 0 unspecified atom stereocenters. The fraction of sp³-hybridized carbons (Fsp3) is 0.296. The largest absolute Gasteiger partial charge is 0.490 e. The summed E-state index contributed by atoms with van der Waals surface area (Å²) in [6.45, 7) is 5.57. The zero-order valence-electron chi connectivity index (χ0n) is 22.6. The Kier molecular flexibility index (Phi) is 8.42. The first-order valence-electron chi connectivity index (χ1n) is 12.7. The summed E-state index contributed by atoms with van der Waals surface area (Å²) in [5, 5.41) is 10.4. The number of aryl methyl sites for hydroxylation is 2. The van der Waals surface area contributed by atoms with Gasteiger partial charge in [0.15, 0.2) is 32.4 Å². The second-order valence-electron chi connectivity index (χ2n) is 9.37. The number of aromatic nitrogens is 4. The van der Waals surface area contributed by atoms with Crippen molar-refractivity contribution in [2.24, 2.45) is 0 Å². The summed E-state index contributed by atoms with van der Waals surface area (Å²) >= 11 is 0.935. The molecule has 2 aromatic heterocycles. The van der Waals surface area contributed by atoms with E-state index in [1.165, 1.54) is 25.3 Å². The van der Waals surface area contributed by atoms with Gasteiger partial charge < -0.3 is 19.7 Å². The van der Waals surface area contributed by atoms with Gasteiger partial charge in [-0.05, 0) is 49.4 Å². The van der Waals surface area contributed by atoms with Crippen LogP contribution in [0.3, 0.4) is 0 Å². The highest BCUT2D eigenvalue weighted by molar-refractivity contribution is 7.99. The molecule has 14 heteroatoms. The van der Waals surface area contributed by atoms with Gasteiger partial charge in [0.2, 0.25) is 5.75 Å². The van der Waals surface area contributed by atoms with E-state index in [1.807, 2.05) is 11.8 Å². The van der Waals surface area contributed by atoms with Crippen molar-refractivity contribution in [1.29, 1.82) is 0 Å². The van der Waals surface area contributed by atoms with Crippen molar-refractivity contribution in [3.8, 4) is 5.75 Å². The smallest absolute Gasteiger partial charge is 0.204 e. The molecule has 0 amide bonds. The van der Waals surface area contributed by atoms with Gasteiger partial charge in [0.05, 0.1) is 35.9 Å². The molecule has 2 N–H and O–H groups in total. The van der Waals surface area contributed by atoms with Crippen molar-refractivity contribution in [3.05, 3.63) is 70.9 Å². The Morgan fingerprint density at radius 3 is 2.59 bits per heavy atom. The Bertz CT molecular complexity index is 1680. The quantitative estimate of drug-likeness (QED) is 0.258. The number of hydrogen-bond acceptors (Lipinski definition) is 10. The third-order valence-corrected chi connectivity index (χ3v) is 8.95. The number of hydrogen-bond donors (Lipinski definition) is 2. The van der Waals surface area contributed by atoms with E-state index >= 15 is 4.39 Å². The molecule has 0 atom stereocenters. The van der Waals surface area contributed by atoms with Gasteiger partial charge in [-0.15, -0.1) is 0 Å². The van der Waals surface area contributed by atoms with Crippen LogP contribution in [0.15, 0.2) is 57.4 Å². The summed E-state index contributed by atoms with van der Waals surface area (Å²) in [5.41, 5.74) is 1.20. The van der Waals surface area contributed by atoms with Gasteiger partial charge in [-0.2, -0.15) is 5.10 Å². The third kappa shape index (κ3) is 6.44. The average molecular weight is 603 g/mol. The number of aromatic amines is 1. The normalized spacial score (nSPS) is 13.8. The Morgan fingerprint density at radius 2 is 1.90 bits per heavy atom. The summed E-state index contributed by atoms with van der Waals surface area (Å²) in [6, 6.07) is 9.93. The first-order chi connectivity index (χ1) is 19.6. The fourth-order valence-corrected chi connectivity index (χ4v) is 6.41. The molecule has 0 radical (unpaired) electrons. The van der Waals surface area contributed by atoms with Crippen LogP contribution in [-0.2, 0) is 20.3 Å². The highest BCUT2D eigenvalue weighted by Crippen LogP contribution is 2.39. The van der Waals surface area contributed by atoms with E-state index in [0.717, 1.165) is 23.5 Å². The van der Waals surface area contributed by atoms with Crippen LogP contribution in [0.1, 0.15) is 16.8 Å². The molecular formula is C27H28F2N6O4S2. The first kappa shape index (κ1) is 28.8. The van der Waals surface area contributed by atoms with Crippen molar-refractivity contribution in [2.45, 2.75) is 34.5 Å². The molecule has 2 aromatic carbocycles. The number of rotatable bonds is 9. The van der Waals surface area contributed by atoms with Gasteiger partial charge >= 0.3 is 0 Å². The van der Waals surface area contributed by atoms with Crippen LogP contribution in [0.25, 0.3) is 0 Å². The summed E-state index contributed by atoms with van der Waals surface area (Å²) in [4.78, 5) is 11.1. The lowest BCUT2D eigenvalue weighted by molar-refractivity contribution is 0.122. The SMILES string of the molecule is COc1c(Nc2cc(C)[nH]n2)nc(Sc2ccc(S(=O)(=O)Cc3cccc(C)c3F)cc2F)nc1N1CCOCC1. The van der Waals surface area contributed by atoms with Crippen molar-refractivity contribution >= 4 is 39.1 Å². The Labute approximate surface area is 240 Å². The molecule has 3 heterocycles. The molecule has 216 valence electrons. The molecule has 0 aliphatic carbocycles. The number of morpholine rings is 1. The molecule has 0 spiro atoms. The maximum absolute atomic E-state index is 15.3. The van der Waals surface area contributed by atoms with E-state index in [2.05, 4.69) is 25.5 Å². The number of H-pyrrole nitrogens is 1. The number of nitrogens with one attached hydrogen (secondary N) is 2. The minimum Gasteiger partial charge on any atom is -0.490 e. The Hall–Kier alpha value is -3.75. The second kappa shape index (κ2) is 12.0. The first-order valence-corrected chi connectivity index (χ1v) is 15.1. The van der Waals surface area contributed by atoms with Gasteiger partial charge in [0.1, 0.15) is 11.6 Å². The molecule has 5 rings (SSSR count). The second-order valence-corrected chi connectivity index (χ2v) is 12.4. The maximum atomic E-state index is 15.3. The highest BCUT2D eigenvalue weighted by Gasteiger charge is 2.25. The van der Waals surface area contributed by atoms with E-state index in [-0.39, 0.29) is 20.5 Å². The lowest BCUT2D eigenvalue weighted by Crippen LogP contribution is -2.37. The molecule has 1 fully saturated rings. The molecular weight excluding hydrogens is 574 g/mol. The van der Waals surface area contributed by atoms with E-state index in [9.17, 15) is 12.8 Å². The van der Waals surface area contributed by atoms with Gasteiger partial charge in [-0.3, -0.25) is 5.10 Å². The standard InChI is InChI=1S/C27H28F2N6O4S2/c1-16-5-4-6-18(23(16)29)15-41(36,37)19-7-8-21(20(28)14-19)40-27-31-25(30-22-13-17(2)33-34-22)24(38-3)26(32-27)35-9-11-39-12-10-35/h4-8,13-14H,9-12,15H2,1-3H3,(H2,30,31,32,33,34). The predicted molar refractivity (Wildman–Crippen MR) is 151 cm³/mol. The number of methoxy groups -OCH3 is 1. The van der Waals surface area contributed by atoms with E-state index in [0.29, 0.717) is 55.1 Å². The lowest BCUT2D eigenvalue weighted by atomic mass is 10.1. The molecule has 41 heavy (non-hydrogen) atoms. The van der Waals surface area contributed by atoms with Crippen LogP contribution < -0.4 is 15.0 Å². The van der Waals surface area contributed by atoms with Gasteiger partial charge in [0, 0.05) is 30.4 Å². The van der Waals surface area contributed by atoms with Crippen LogP contribution in [-0.4, -0.2) is 62.0 Å². The third-order valence-electron chi connectivity index (χ3n) is 6.38. The minimum atomic E-state index is -4.01. The van der Waals surface area contributed by atoms with Gasteiger partial charge in [-0.25, -0.2) is 27.2 Å². The van der Waals surface area contributed by atoms with Crippen molar-refractivity contribution < 1.29 is 26.7 Å². The van der Waals surface area contributed by atoms with Gasteiger partial charge in [-0.1, -0.05) is 18.2 Å². The monoisotopic (exact) mass is 602 g/mol. The topological polar surface area (TPSA) is 122 Å². The number of nitrogens with zero attached hydrogens (tertiary/aromatic N) is 4. The number of sulfone groups is 1. The summed E-state index contributed by atoms with van der Waals surface area (Å²) < 4.78 is 66.9. The summed E-state index contributed by atoms with van der Waals surface area (Å²) in [5.74, 6) is -0.216. The molecule has 0 bridgehead atoms. The average Bonchev–Trinajstić information content (AvgIpc) is 3.36. The number of anilines is 3. The van der Waals surface area contributed by atoms with Crippen molar-refractivity contribution in [1.82, 2.24) is 20.2 Å². The van der Waals surface area contributed by atoms with Crippen LogP contribution in [0, 0.1) is 25.5 Å². The minimum absolute atomic E-state index is 0.0262. The molecule has 1 aliphatic heterocycles. The van der Waals surface area contributed by atoms with Crippen LogP contribution in [0.2, 0.25) is 0 Å². The predicted octanol–water partition coefficient (Wildman–Crippen LogP) is 4.81. The van der Waals surface area contributed by atoms with Crippen molar-refractivity contribution in [2.75, 3.05) is 43.6 Å². The number of ether oxygens (including phenoxy) is 2. The highest BCUT2D eigenvalue weighted by atomic mass is 32.2. The van der Waals surface area contributed by atoms with Crippen LogP contribution in [0.5, 0.6) is 5.75 Å². The lowest BCUT2D eigenvalue weighted by Gasteiger charge is -2.29. The number of halogens is 2. The van der Waals surface area contributed by atoms with E-state index in [4.69, 9.17) is 9.47 Å². The molecule has 1 aliphatic rings. The fourth-order valence-electron chi connectivity index (χ4n) is 4.29. The summed E-state index contributed by atoms with van der Waals surface area (Å²) in [7, 11) is -2.50. The zero-order valence-corrected chi connectivity index (χ0v) is 24.2. The van der Waals surface area contributed by atoms with Crippen molar-refractivity contribution in [3.63, 3.8) is 0 Å². The molecule has 0 saturated carbocycles. The molecule has 10 nitrogen and oxygen atoms in total. The Balaban J connectivity index is 1.46. The van der Waals surface area contributed by atoms with Crippen LogP contribution in [0.4, 0.5) is 26.2 Å². The number of benzene rings is 2. The maximum Gasteiger partial charge on any atom is 0.204 e. The molecule has 4 aromatic rings. The molecule has 1 saturated heterocycles.